The minimum atomic E-state index is -0.535. The Morgan fingerprint density at radius 2 is 1.85 bits per heavy atom. The molecule has 0 aliphatic heterocycles. The maximum Gasteiger partial charge on any atom is 0.305 e. The molecular formula is C17H23N3O6. The zero-order valence-corrected chi connectivity index (χ0v) is 14.9. The fraction of sp³-hybridized carbons (Fsp3) is 0.471. The van der Waals surface area contributed by atoms with Crippen molar-refractivity contribution in [2.24, 2.45) is 0 Å². The van der Waals surface area contributed by atoms with E-state index < -0.39 is 4.92 Å². The number of carbonyl (C=O) groups excluding carboxylic acids is 3. The van der Waals surface area contributed by atoms with E-state index in [9.17, 15) is 24.5 Å². The molecule has 0 saturated carbocycles. The predicted octanol–water partition coefficient (Wildman–Crippen LogP) is 1.52. The summed E-state index contributed by atoms with van der Waals surface area (Å²) in [6.07, 6.45) is 0.840. The Morgan fingerprint density at radius 3 is 2.38 bits per heavy atom. The number of likely N-dealkylation sites (N-methyl/N-ethyl adjacent to an activating group) is 1. The molecule has 0 aliphatic rings. The zero-order valence-electron chi connectivity index (χ0n) is 14.9. The van der Waals surface area contributed by atoms with E-state index in [0.717, 1.165) is 0 Å². The quantitative estimate of drug-likeness (QED) is 0.381. The molecule has 2 amide bonds. The number of benzene rings is 1. The molecule has 0 aromatic heterocycles. The van der Waals surface area contributed by atoms with Gasteiger partial charge in [-0.05, 0) is 25.5 Å². The molecule has 9 heteroatoms. The molecule has 0 fully saturated rings. The minimum absolute atomic E-state index is 0.0868. The maximum absolute atomic E-state index is 12.1. The van der Waals surface area contributed by atoms with Crippen molar-refractivity contribution >= 4 is 23.5 Å². The molecule has 0 unspecified atom stereocenters. The summed E-state index contributed by atoms with van der Waals surface area (Å²) in [7, 11) is 1.30. The van der Waals surface area contributed by atoms with Crippen LogP contribution in [0.5, 0.6) is 0 Å². The van der Waals surface area contributed by atoms with E-state index in [2.05, 4.69) is 10.1 Å². The second-order valence-electron chi connectivity index (χ2n) is 5.46. The minimum Gasteiger partial charge on any atom is -0.469 e. The second-order valence-corrected chi connectivity index (χ2v) is 5.46. The first-order valence-electron chi connectivity index (χ1n) is 8.26. The molecule has 0 saturated heterocycles. The third kappa shape index (κ3) is 6.88. The summed E-state index contributed by atoms with van der Waals surface area (Å²) in [4.78, 5) is 46.8. The number of methoxy groups -OCH3 is 1. The number of nitrogens with one attached hydrogen (secondary N) is 1. The van der Waals surface area contributed by atoms with Crippen LogP contribution in [0.15, 0.2) is 24.3 Å². The number of ether oxygens (including phenoxy) is 1. The van der Waals surface area contributed by atoms with E-state index in [0.29, 0.717) is 25.1 Å². The van der Waals surface area contributed by atoms with Crippen LogP contribution in [0.1, 0.15) is 36.5 Å². The van der Waals surface area contributed by atoms with Crippen molar-refractivity contribution in [1.29, 1.82) is 0 Å². The topological polar surface area (TPSA) is 119 Å². The van der Waals surface area contributed by atoms with Crippen molar-refractivity contribution in [3.8, 4) is 0 Å². The Labute approximate surface area is 151 Å². The van der Waals surface area contributed by atoms with Gasteiger partial charge in [0.15, 0.2) is 0 Å². The summed E-state index contributed by atoms with van der Waals surface area (Å²) < 4.78 is 4.52. The van der Waals surface area contributed by atoms with Crippen LogP contribution in [0.3, 0.4) is 0 Å². The van der Waals surface area contributed by atoms with Crippen molar-refractivity contribution in [3.05, 3.63) is 39.9 Å². The van der Waals surface area contributed by atoms with Gasteiger partial charge in [0.1, 0.15) is 0 Å². The Bertz CT molecular complexity index is 644. The molecule has 0 atom stereocenters. The molecule has 142 valence electrons. The van der Waals surface area contributed by atoms with Gasteiger partial charge in [-0.25, -0.2) is 0 Å². The highest BCUT2D eigenvalue weighted by atomic mass is 16.6. The van der Waals surface area contributed by atoms with Crippen molar-refractivity contribution in [1.82, 2.24) is 10.2 Å². The summed E-state index contributed by atoms with van der Waals surface area (Å²) in [6, 6.07) is 5.28. The number of amides is 2. The standard InChI is InChI=1S/C17H23N3O6/c1-3-19(15(21)5-4-6-16(22)26-2)12-11-18-17(23)13-7-9-14(10-8-13)20(24)25/h7-10H,3-6,11-12H2,1-2H3,(H,18,23). The highest BCUT2D eigenvalue weighted by Crippen LogP contribution is 2.11. The molecule has 0 aliphatic carbocycles. The predicted molar refractivity (Wildman–Crippen MR) is 93.6 cm³/mol. The third-order valence-electron chi connectivity index (χ3n) is 3.74. The number of hydrogen-bond donors (Lipinski definition) is 1. The molecule has 0 bridgehead atoms. The first-order valence-corrected chi connectivity index (χ1v) is 8.26. The molecule has 1 aromatic rings. The lowest BCUT2D eigenvalue weighted by Gasteiger charge is -2.21. The molecule has 1 N–H and O–H groups in total. The first kappa shape index (κ1) is 21.1. The highest BCUT2D eigenvalue weighted by molar-refractivity contribution is 5.94. The number of nitro benzene ring substituents is 1. The number of non-ortho nitro benzene ring substituents is 1. The summed E-state index contributed by atoms with van der Waals surface area (Å²) in [5, 5.41) is 13.3. The van der Waals surface area contributed by atoms with Crippen LogP contribution in [0, 0.1) is 10.1 Å². The fourth-order valence-corrected chi connectivity index (χ4v) is 2.24. The third-order valence-corrected chi connectivity index (χ3v) is 3.74. The SMILES string of the molecule is CCN(CCNC(=O)c1ccc([N+](=O)[O-])cc1)C(=O)CCCC(=O)OC. The van der Waals surface area contributed by atoms with Crippen molar-refractivity contribution in [2.75, 3.05) is 26.7 Å². The average molecular weight is 365 g/mol. The van der Waals surface area contributed by atoms with Crippen molar-refractivity contribution in [2.45, 2.75) is 26.2 Å². The summed E-state index contributed by atoms with van der Waals surface area (Å²) in [6.45, 7) is 2.92. The lowest BCUT2D eigenvalue weighted by molar-refractivity contribution is -0.384. The van der Waals surface area contributed by atoms with E-state index in [1.54, 1.807) is 4.90 Å². The molecule has 9 nitrogen and oxygen atoms in total. The summed E-state index contributed by atoms with van der Waals surface area (Å²) in [5.41, 5.74) is 0.222. The van der Waals surface area contributed by atoms with E-state index in [-0.39, 0.29) is 42.9 Å². The molecule has 1 rings (SSSR count). The van der Waals surface area contributed by atoms with E-state index in [1.807, 2.05) is 6.92 Å². The molecular weight excluding hydrogens is 342 g/mol. The number of nitro groups is 1. The number of hydrogen-bond acceptors (Lipinski definition) is 6. The van der Waals surface area contributed by atoms with Crippen LogP contribution in [-0.4, -0.2) is 54.4 Å². The Morgan fingerprint density at radius 1 is 1.19 bits per heavy atom. The summed E-state index contributed by atoms with van der Waals surface area (Å²) in [5.74, 6) is -0.814. The molecule has 0 radical (unpaired) electrons. The largest absolute Gasteiger partial charge is 0.469 e. The first-order chi connectivity index (χ1) is 12.4. The zero-order chi connectivity index (χ0) is 19.5. The van der Waals surface area contributed by atoms with Gasteiger partial charge in [0.2, 0.25) is 5.91 Å². The van der Waals surface area contributed by atoms with Crippen LogP contribution >= 0.6 is 0 Å². The lowest BCUT2D eigenvalue weighted by atomic mass is 10.2. The van der Waals surface area contributed by atoms with Gasteiger partial charge >= 0.3 is 5.97 Å². The highest BCUT2D eigenvalue weighted by Gasteiger charge is 2.13. The Balaban J connectivity index is 2.40. The van der Waals surface area contributed by atoms with Gasteiger partial charge in [0.25, 0.3) is 11.6 Å². The Kier molecular flexibility index (Phi) is 8.76. The number of nitrogens with zero attached hydrogens (tertiary/aromatic N) is 2. The monoisotopic (exact) mass is 365 g/mol. The van der Waals surface area contributed by atoms with Gasteiger partial charge in [0.05, 0.1) is 12.0 Å². The van der Waals surface area contributed by atoms with Gasteiger partial charge in [0, 0.05) is 50.2 Å². The number of carbonyl (C=O) groups is 3. The van der Waals surface area contributed by atoms with Crippen LogP contribution in [-0.2, 0) is 14.3 Å². The van der Waals surface area contributed by atoms with Gasteiger partial charge in [-0.1, -0.05) is 0 Å². The molecule has 0 spiro atoms. The number of rotatable bonds is 10. The van der Waals surface area contributed by atoms with E-state index in [1.165, 1.54) is 31.4 Å². The van der Waals surface area contributed by atoms with Crippen LogP contribution in [0.2, 0.25) is 0 Å². The normalized spacial score (nSPS) is 10.1. The van der Waals surface area contributed by atoms with Crippen LogP contribution in [0.4, 0.5) is 5.69 Å². The number of esters is 1. The van der Waals surface area contributed by atoms with Crippen molar-refractivity contribution in [3.63, 3.8) is 0 Å². The molecule has 0 heterocycles. The van der Waals surface area contributed by atoms with Gasteiger partial charge in [-0.2, -0.15) is 0 Å². The molecule has 1 aromatic carbocycles. The fourth-order valence-electron chi connectivity index (χ4n) is 2.24. The Hall–Kier alpha value is -2.97. The smallest absolute Gasteiger partial charge is 0.305 e. The summed E-state index contributed by atoms with van der Waals surface area (Å²) >= 11 is 0. The average Bonchev–Trinajstić information content (AvgIpc) is 2.64. The molecule has 26 heavy (non-hydrogen) atoms. The lowest BCUT2D eigenvalue weighted by Crippen LogP contribution is -2.38. The van der Waals surface area contributed by atoms with Gasteiger partial charge < -0.3 is 15.0 Å². The van der Waals surface area contributed by atoms with Crippen molar-refractivity contribution < 1.29 is 24.0 Å². The van der Waals surface area contributed by atoms with Gasteiger partial charge in [-0.3, -0.25) is 24.5 Å². The maximum atomic E-state index is 12.1. The van der Waals surface area contributed by atoms with Crippen LogP contribution < -0.4 is 5.32 Å². The van der Waals surface area contributed by atoms with Crippen LogP contribution in [0.25, 0.3) is 0 Å². The van der Waals surface area contributed by atoms with Gasteiger partial charge in [-0.15, -0.1) is 0 Å². The second kappa shape index (κ2) is 10.8. The van der Waals surface area contributed by atoms with E-state index >= 15 is 0 Å². The van der Waals surface area contributed by atoms with E-state index in [4.69, 9.17) is 0 Å².